The van der Waals surface area contributed by atoms with Gasteiger partial charge in [0.15, 0.2) is 5.82 Å². The van der Waals surface area contributed by atoms with Crippen LogP contribution < -0.4 is 5.56 Å². The maximum atomic E-state index is 13.5. The number of nitrogens with zero attached hydrogens (tertiary/aromatic N) is 2. The van der Waals surface area contributed by atoms with E-state index in [2.05, 4.69) is 15.2 Å². The van der Waals surface area contributed by atoms with Crippen LogP contribution >= 0.6 is 11.6 Å². The highest BCUT2D eigenvalue weighted by molar-refractivity contribution is 6.30. The summed E-state index contributed by atoms with van der Waals surface area (Å²) in [6, 6.07) is 4.40. The molecule has 0 atom stereocenters. The molecule has 0 aliphatic rings. The molecule has 1 N–H and O–H groups in total. The van der Waals surface area contributed by atoms with E-state index < -0.39 is 5.82 Å². The lowest BCUT2D eigenvalue weighted by atomic mass is 10.1. The van der Waals surface area contributed by atoms with Gasteiger partial charge in [0, 0.05) is 11.4 Å². The lowest BCUT2D eigenvalue weighted by Crippen LogP contribution is -2.16. The third-order valence-electron chi connectivity index (χ3n) is 2.28. The minimum Gasteiger partial charge on any atom is -0.266 e. The highest BCUT2D eigenvalue weighted by atomic mass is 35.5. The van der Waals surface area contributed by atoms with Gasteiger partial charge < -0.3 is 0 Å². The van der Waals surface area contributed by atoms with Crippen LogP contribution in [0.4, 0.5) is 4.39 Å². The van der Waals surface area contributed by atoms with Gasteiger partial charge in [-0.2, -0.15) is 5.10 Å². The van der Waals surface area contributed by atoms with Crippen LogP contribution in [0.2, 0.25) is 5.02 Å². The van der Waals surface area contributed by atoms with Crippen molar-refractivity contribution in [3.8, 4) is 0 Å². The van der Waals surface area contributed by atoms with Crippen molar-refractivity contribution in [1.29, 1.82) is 0 Å². The molecule has 0 bridgehead atoms. The maximum absolute atomic E-state index is 13.5. The van der Waals surface area contributed by atoms with Gasteiger partial charge >= 0.3 is 0 Å². The zero-order valence-corrected chi connectivity index (χ0v) is 9.75. The number of aryl methyl sites for hydroxylation is 1. The Balaban J connectivity index is 2.31. The highest BCUT2D eigenvalue weighted by Crippen LogP contribution is 2.16. The van der Waals surface area contributed by atoms with Gasteiger partial charge in [0.2, 0.25) is 0 Å². The van der Waals surface area contributed by atoms with Crippen LogP contribution in [-0.4, -0.2) is 15.2 Å². The molecule has 2 rings (SSSR count). The molecule has 1 heterocycles. The molecular formula is C11H9ClFN3O. The van der Waals surface area contributed by atoms with Crippen LogP contribution in [0.5, 0.6) is 0 Å². The van der Waals surface area contributed by atoms with Crippen LogP contribution in [0, 0.1) is 12.7 Å². The van der Waals surface area contributed by atoms with Gasteiger partial charge in [0.1, 0.15) is 11.5 Å². The van der Waals surface area contributed by atoms with Crippen molar-refractivity contribution in [1.82, 2.24) is 15.2 Å². The monoisotopic (exact) mass is 253 g/mol. The highest BCUT2D eigenvalue weighted by Gasteiger charge is 2.07. The van der Waals surface area contributed by atoms with Crippen molar-refractivity contribution in [2.24, 2.45) is 0 Å². The Labute approximate surface area is 101 Å². The van der Waals surface area contributed by atoms with Crippen LogP contribution in [0.3, 0.4) is 0 Å². The Kier molecular flexibility index (Phi) is 3.19. The molecule has 1 aromatic heterocycles. The number of nitrogens with one attached hydrogen (secondary N) is 1. The second-order valence-electron chi connectivity index (χ2n) is 3.58. The molecule has 6 heteroatoms. The Hall–Kier alpha value is -1.75. The molecule has 0 fully saturated rings. The molecule has 88 valence electrons. The van der Waals surface area contributed by atoms with E-state index in [0.717, 1.165) is 0 Å². The summed E-state index contributed by atoms with van der Waals surface area (Å²) in [4.78, 5) is 15.0. The first kappa shape index (κ1) is 11.7. The fourth-order valence-electron chi connectivity index (χ4n) is 1.38. The first-order chi connectivity index (χ1) is 8.06. The molecular weight excluding hydrogens is 245 g/mol. The first-order valence-corrected chi connectivity index (χ1v) is 5.30. The molecule has 0 spiro atoms. The number of aromatic amines is 1. The van der Waals surface area contributed by atoms with Gasteiger partial charge in [-0.3, -0.25) is 4.79 Å². The van der Waals surface area contributed by atoms with E-state index in [-0.39, 0.29) is 12.0 Å². The SMILES string of the molecule is Cc1nc(Cc2ccc(Cl)cc2F)n[nH]c1=O. The van der Waals surface area contributed by atoms with Crippen LogP contribution in [0.1, 0.15) is 17.1 Å². The number of aromatic nitrogens is 3. The number of hydrogen-bond donors (Lipinski definition) is 1. The smallest absolute Gasteiger partial charge is 0.266 e. The zero-order valence-electron chi connectivity index (χ0n) is 9.00. The minimum absolute atomic E-state index is 0.209. The molecule has 0 amide bonds. The molecule has 0 aliphatic carbocycles. The topological polar surface area (TPSA) is 58.6 Å². The Morgan fingerprint density at radius 3 is 2.88 bits per heavy atom. The third-order valence-corrected chi connectivity index (χ3v) is 2.51. The van der Waals surface area contributed by atoms with Crippen molar-refractivity contribution in [2.45, 2.75) is 13.3 Å². The van der Waals surface area contributed by atoms with E-state index in [4.69, 9.17) is 11.6 Å². The second kappa shape index (κ2) is 4.63. The largest absolute Gasteiger partial charge is 0.285 e. The van der Waals surface area contributed by atoms with Crippen LogP contribution in [-0.2, 0) is 6.42 Å². The van der Waals surface area contributed by atoms with Gasteiger partial charge in [-0.25, -0.2) is 14.5 Å². The molecule has 0 aliphatic heterocycles. The lowest BCUT2D eigenvalue weighted by molar-refractivity contribution is 0.611. The molecule has 0 saturated carbocycles. The fourth-order valence-corrected chi connectivity index (χ4v) is 1.54. The van der Waals surface area contributed by atoms with E-state index >= 15 is 0 Å². The van der Waals surface area contributed by atoms with Crippen LogP contribution in [0.25, 0.3) is 0 Å². The zero-order chi connectivity index (χ0) is 12.4. The molecule has 0 unspecified atom stereocenters. The minimum atomic E-state index is -0.412. The van der Waals surface area contributed by atoms with Gasteiger partial charge in [-0.1, -0.05) is 17.7 Å². The number of rotatable bonds is 2. The summed E-state index contributed by atoms with van der Waals surface area (Å²) in [6.07, 6.45) is 0.209. The summed E-state index contributed by atoms with van der Waals surface area (Å²) in [5, 5.41) is 6.39. The van der Waals surface area contributed by atoms with Crippen molar-refractivity contribution < 1.29 is 4.39 Å². The quantitative estimate of drug-likeness (QED) is 0.889. The normalized spacial score (nSPS) is 10.5. The van der Waals surface area contributed by atoms with Crippen molar-refractivity contribution in [2.75, 3.05) is 0 Å². The molecule has 2 aromatic rings. The molecule has 17 heavy (non-hydrogen) atoms. The van der Waals surface area contributed by atoms with E-state index in [0.29, 0.717) is 22.1 Å². The molecule has 0 saturated heterocycles. The number of H-pyrrole nitrogens is 1. The summed E-state index contributed by atoms with van der Waals surface area (Å²) in [6.45, 7) is 1.57. The summed E-state index contributed by atoms with van der Waals surface area (Å²) >= 11 is 5.65. The predicted octanol–water partition coefficient (Wildman–Crippen LogP) is 1.86. The molecule has 0 radical (unpaired) electrons. The van der Waals surface area contributed by atoms with Crippen molar-refractivity contribution in [3.05, 3.63) is 56.5 Å². The fraction of sp³-hybridized carbons (Fsp3) is 0.182. The third kappa shape index (κ3) is 2.68. The molecule has 4 nitrogen and oxygen atoms in total. The van der Waals surface area contributed by atoms with Crippen LogP contribution in [0.15, 0.2) is 23.0 Å². The summed E-state index contributed by atoms with van der Waals surface area (Å²) in [7, 11) is 0. The lowest BCUT2D eigenvalue weighted by Gasteiger charge is -2.02. The first-order valence-electron chi connectivity index (χ1n) is 4.92. The number of benzene rings is 1. The van der Waals surface area contributed by atoms with E-state index in [9.17, 15) is 9.18 Å². The second-order valence-corrected chi connectivity index (χ2v) is 4.02. The summed E-state index contributed by atoms with van der Waals surface area (Å²) in [5.74, 6) is -0.0479. The van der Waals surface area contributed by atoms with Gasteiger partial charge in [0.25, 0.3) is 5.56 Å². The average molecular weight is 254 g/mol. The van der Waals surface area contributed by atoms with E-state index in [1.54, 1.807) is 19.1 Å². The van der Waals surface area contributed by atoms with E-state index in [1.807, 2.05) is 0 Å². The molecule has 1 aromatic carbocycles. The Morgan fingerprint density at radius 2 is 2.24 bits per heavy atom. The summed E-state index contributed by atoms with van der Waals surface area (Å²) in [5.41, 5.74) is 0.399. The van der Waals surface area contributed by atoms with Gasteiger partial charge in [-0.15, -0.1) is 0 Å². The Bertz CT molecular complexity index is 612. The van der Waals surface area contributed by atoms with E-state index in [1.165, 1.54) is 6.07 Å². The maximum Gasteiger partial charge on any atom is 0.285 e. The summed E-state index contributed by atoms with van der Waals surface area (Å²) < 4.78 is 13.5. The average Bonchev–Trinajstić information content (AvgIpc) is 2.27. The van der Waals surface area contributed by atoms with Crippen molar-refractivity contribution in [3.63, 3.8) is 0 Å². The number of halogens is 2. The standard InChI is InChI=1S/C11H9ClFN3O/c1-6-11(17)16-15-10(14-6)4-7-2-3-8(12)5-9(7)13/h2-3,5H,4H2,1H3,(H,16,17). The Morgan fingerprint density at radius 1 is 1.47 bits per heavy atom. The predicted molar refractivity (Wildman–Crippen MR) is 61.6 cm³/mol. The number of hydrogen-bond acceptors (Lipinski definition) is 3. The van der Waals surface area contributed by atoms with Gasteiger partial charge in [-0.05, 0) is 24.6 Å². The van der Waals surface area contributed by atoms with Crippen molar-refractivity contribution >= 4 is 11.6 Å². The van der Waals surface area contributed by atoms with Gasteiger partial charge in [0.05, 0.1) is 0 Å².